The van der Waals surface area contributed by atoms with E-state index in [2.05, 4.69) is 9.97 Å². The van der Waals surface area contributed by atoms with Gasteiger partial charge in [-0.2, -0.15) is 0 Å². The molecule has 2 heterocycles. The van der Waals surface area contributed by atoms with Gasteiger partial charge in [-0.1, -0.05) is 12.1 Å². The van der Waals surface area contributed by atoms with Crippen LogP contribution in [0.15, 0.2) is 48.9 Å². The lowest BCUT2D eigenvalue weighted by molar-refractivity contribution is 0.104. The van der Waals surface area contributed by atoms with Crippen LogP contribution in [0.4, 0.5) is 5.69 Å². The molecule has 0 aliphatic heterocycles. The zero-order chi connectivity index (χ0) is 12.5. The summed E-state index contributed by atoms with van der Waals surface area (Å²) in [6, 6.07) is 8.81. The van der Waals surface area contributed by atoms with E-state index in [1.54, 1.807) is 42.9 Å². The van der Waals surface area contributed by atoms with Gasteiger partial charge < -0.3 is 10.7 Å². The number of nitrogens with one attached hydrogen (secondary N) is 1. The lowest BCUT2D eigenvalue weighted by atomic mass is 10.0. The predicted molar refractivity (Wildman–Crippen MR) is 70.4 cm³/mol. The molecular formula is C14H11N3O. The third-order valence-electron chi connectivity index (χ3n) is 2.88. The van der Waals surface area contributed by atoms with Crippen molar-refractivity contribution in [3.63, 3.8) is 0 Å². The van der Waals surface area contributed by atoms with Crippen LogP contribution in [0.1, 0.15) is 15.9 Å². The summed E-state index contributed by atoms with van der Waals surface area (Å²) in [5.74, 6) is -0.0541. The summed E-state index contributed by atoms with van der Waals surface area (Å²) in [5, 5.41) is 0.824. The van der Waals surface area contributed by atoms with Crippen LogP contribution in [0.2, 0.25) is 0 Å². The lowest BCUT2D eigenvalue weighted by Crippen LogP contribution is -2.01. The van der Waals surface area contributed by atoms with Gasteiger partial charge in [0.1, 0.15) is 0 Å². The smallest absolute Gasteiger partial charge is 0.195 e. The number of rotatable bonds is 2. The molecule has 0 aliphatic rings. The number of benzene rings is 1. The van der Waals surface area contributed by atoms with E-state index in [0.717, 1.165) is 10.9 Å². The maximum atomic E-state index is 12.4. The number of nitrogen functional groups attached to an aromatic ring is 1. The van der Waals surface area contributed by atoms with Crippen LogP contribution < -0.4 is 5.73 Å². The van der Waals surface area contributed by atoms with E-state index in [1.165, 1.54) is 0 Å². The van der Waals surface area contributed by atoms with Gasteiger partial charge in [-0.15, -0.1) is 0 Å². The fraction of sp³-hybridized carbons (Fsp3) is 0. The number of hydrogen-bond acceptors (Lipinski definition) is 3. The number of aromatic amines is 1. The largest absolute Gasteiger partial charge is 0.399 e. The molecule has 1 aromatic carbocycles. The molecule has 0 saturated carbocycles. The van der Waals surface area contributed by atoms with Crippen LogP contribution in [0.5, 0.6) is 0 Å². The van der Waals surface area contributed by atoms with Crippen molar-refractivity contribution in [1.29, 1.82) is 0 Å². The Kier molecular flexibility index (Phi) is 2.34. The van der Waals surface area contributed by atoms with Crippen molar-refractivity contribution in [3.05, 3.63) is 60.0 Å². The minimum Gasteiger partial charge on any atom is -0.399 e. The van der Waals surface area contributed by atoms with Gasteiger partial charge in [-0.25, -0.2) is 0 Å². The molecular weight excluding hydrogens is 226 g/mol. The first-order valence-corrected chi connectivity index (χ1v) is 5.57. The summed E-state index contributed by atoms with van der Waals surface area (Å²) >= 11 is 0. The number of hydrogen-bond donors (Lipinski definition) is 2. The van der Waals surface area contributed by atoms with Gasteiger partial charge in [-0.3, -0.25) is 9.78 Å². The summed E-state index contributed by atoms with van der Waals surface area (Å²) in [6.45, 7) is 0. The van der Waals surface area contributed by atoms with Crippen LogP contribution in [0.3, 0.4) is 0 Å². The zero-order valence-electron chi connectivity index (χ0n) is 9.55. The minimum atomic E-state index is -0.0541. The SMILES string of the molecule is Nc1cccc(C(=O)c2c[nH]c3ccncc23)c1. The molecule has 0 aliphatic carbocycles. The van der Waals surface area contributed by atoms with Gasteiger partial charge in [0.05, 0.1) is 0 Å². The van der Waals surface area contributed by atoms with Crippen LogP contribution in [0.25, 0.3) is 10.9 Å². The van der Waals surface area contributed by atoms with Crippen molar-refractivity contribution in [2.24, 2.45) is 0 Å². The highest BCUT2D eigenvalue weighted by Crippen LogP contribution is 2.20. The maximum Gasteiger partial charge on any atom is 0.195 e. The van der Waals surface area contributed by atoms with E-state index in [0.29, 0.717) is 16.8 Å². The van der Waals surface area contributed by atoms with E-state index < -0.39 is 0 Å². The molecule has 4 nitrogen and oxygen atoms in total. The molecule has 2 aromatic heterocycles. The molecule has 18 heavy (non-hydrogen) atoms. The Morgan fingerprint density at radius 1 is 1.28 bits per heavy atom. The second kappa shape index (κ2) is 4.00. The van der Waals surface area contributed by atoms with Gasteiger partial charge in [-0.05, 0) is 18.2 Å². The lowest BCUT2D eigenvalue weighted by Gasteiger charge is -2.00. The number of carbonyl (C=O) groups is 1. The minimum absolute atomic E-state index is 0.0541. The first kappa shape index (κ1) is 10.5. The molecule has 3 rings (SSSR count). The Balaban J connectivity index is 2.12. The summed E-state index contributed by atoms with van der Waals surface area (Å²) in [6.07, 6.45) is 5.08. The molecule has 0 amide bonds. The molecule has 88 valence electrons. The van der Waals surface area contributed by atoms with Crippen molar-refractivity contribution in [3.8, 4) is 0 Å². The van der Waals surface area contributed by atoms with Crippen LogP contribution in [0, 0.1) is 0 Å². The van der Waals surface area contributed by atoms with Crippen LogP contribution >= 0.6 is 0 Å². The quantitative estimate of drug-likeness (QED) is 0.531. The molecule has 0 radical (unpaired) electrons. The molecule has 3 N–H and O–H groups in total. The predicted octanol–water partition coefficient (Wildman–Crippen LogP) is 2.38. The fourth-order valence-electron chi connectivity index (χ4n) is 1.99. The topological polar surface area (TPSA) is 71.8 Å². The Morgan fingerprint density at radius 3 is 3.00 bits per heavy atom. The molecule has 4 heteroatoms. The van der Waals surface area contributed by atoms with E-state index >= 15 is 0 Å². The molecule has 0 spiro atoms. The molecule has 0 unspecified atom stereocenters. The molecule has 0 fully saturated rings. The first-order chi connectivity index (χ1) is 8.75. The Labute approximate surface area is 103 Å². The highest BCUT2D eigenvalue weighted by molar-refractivity contribution is 6.16. The highest BCUT2D eigenvalue weighted by atomic mass is 16.1. The van der Waals surface area contributed by atoms with Crippen molar-refractivity contribution < 1.29 is 4.79 Å². The number of aromatic nitrogens is 2. The van der Waals surface area contributed by atoms with Crippen LogP contribution in [-0.4, -0.2) is 15.8 Å². The number of pyridine rings is 1. The second-order valence-corrected chi connectivity index (χ2v) is 4.08. The average Bonchev–Trinajstić information content (AvgIpc) is 2.82. The molecule has 3 aromatic rings. The Bertz CT molecular complexity index is 730. The summed E-state index contributed by atoms with van der Waals surface area (Å²) in [7, 11) is 0. The van der Waals surface area contributed by atoms with Gasteiger partial charge in [0.2, 0.25) is 0 Å². The monoisotopic (exact) mass is 237 g/mol. The van der Waals surface area contributed by atoms with E-state index in [-0.39, 0.29) is 5.78 Å². The average molecular weight is 237 g/mol. The van der Waals surface area contributed by atoms with Crippen molar-refractivity contribution in [1.82, 2.24) is 9.97 Å². The summed E-state index contributed by atoms with van der Waals surface area (Å²) in [5.41, 5.74) is 8.37. The third kappa shape index (κ3) is 1.64. The number of fused-ring (bicyclic) bond motifs is 1. The van der Waals surface area contributed by atoms with Crippen molar-refractivity contribution in [2.75, 3.05) is 5.73 Å². The highest BCUT2D eigenvalue weighted by Gasteiger charge is 2.14. The van der Waals surface area contributed by atoms with Gasteiger partial charge in [0.15, 0.2) is 5.78 Å². The van der Waals surface area contributed by atoms with Gasteiger partial charge >= 0.3 is 0 Å². The standard InChI is InChI=1S/C14H11N3O/c15-10-3-1-2-9(6-10)14(18)12-8-17-13-4-5-16-7-11(12)13/h1-8,17H,15H2. The number of nitrogens with zero attached hydrogens (tertiary/aromatic N) is 1. The Hall–Kier alpha value is -2.62. The zero-order valence-corrected chi connectivity index (χ0v) is 9.55. The van der Waals surface area contributed by atoms with Crippen molar-refractivity contribution >= 4 is 22.4 Å². The molecule has 0 atom stereocenters. The van der Waals surface area contributed by atoms with Gasteiger partial charge in [0, 0.05) is 46.3 Å². The normalized spacial score (nSPS) is 10.7. The summed E-state index contributed by atoms with van der Waals surface area (Å²) in [4.78, 5) is 19.5. The number of carbonyl (C=O) groups excluding carboxylic acids is 1. The Morgan fingerprint density at radius 2 is 2.17 bits per heavy atom. The first-order valence-electron chi connectivity index (χ1n) is 5.57. The van der Waals surface area contributed by atoms with Gasteiger partial charge in [0.25, 0.3) is 0 Å². The number of anilines is 1. The van der Waals surface area contributed by atoms with E-state index in [1.807, 2.05) is 6.07 Å². The number of H-pyrrole nitrogens is 1. The number of nitrogens with two attached hydrogens (primary N) is 1. The van der Waals surface area contributed by atoms with Crippen LogP contribution in [-0.2, 0) is 0 Å². The van der Waals surface area contributed by atoms with E-state index in [9.17, 15) is 4.79 Å². The van der Waals surface area contributed by atoms with E-state index in [4.69, 9.17) is 5.73 Å². The molecule has 0 saturated heterocycles. The second-order valence-electron chi connectivity index (χ2n) is 4.08. The summed E-state index contributed by atoms with van der Waals surface area (Å²) < 4.78 is 0. The number of ketones is 1. The van der Waals surface area contributed by atoms with Crippen molar-refractivity contribution in [2.45, 2.75) is 0 Å². The molecule has 0 bridgehead atoms. The third-order valence-corrected chi connectivity index (χ3v) is 2.88. The fourth-order valence-corrected chi connectivity index (χ4v) is 1.99. The maximum absolute atomic E-state index is 12.4.